The molecule has 3 aromatic rings. The molecular formula is C23H24F3N5O2S. The smallest absolute Gasteiger partial charge is 0.352 e. The zero-order chi connectivity index (χ0) is 24.3. The summed E-state index contributed by atoms with van der Waals surface area (Å²) in [6.45, 7) is 3.73. The van der Waals surface area contributed by atoms with E-state index in [-0.39, 0.29) is 11.8 Å². The van der Waals surface area contributed by atoms with Gasteiger partial charge in [-0.2, -0.15) is 18.3 Å². The first-order valence-corrected chi connectivity index (χ1v) is 11.9. The lowest BCUT2D eigenvalue weighted by Gasteiger charge is -2.15. The fraction of sp³-hybridized carbons (Fsp3) is 0.391. The first-order chi connectivity index (χ1) is 16.3. The average Bonchev–Trinajstić information content (AvgIpc) is 3.55. The molecule has 2 aromatic heterocycles. The van der Waals surface area contributed by atoms with Gasteiger partial charge in [-0.25, -0.2) is 9.67 Å². The molecule has 34 heavy (non-hydrogen) atoms. The van der Waals surface area contributed by atoms with Crippen molar-refractivity contribution in [2.24, 2.45) is 0 Å². The van der Waals surface area contributed by atoms with Crippen molar-refractivity contribution in [2.45, 2.75) is 38.8 Å². The number of aromatic nitrogens is 3. The molecule has 0 atom stereocenters. The summed E-state index contributed by atoms with van der Waals surface area (Å²) in [6.07, 6.45) is -0.292. The maximum atomic E-state index is 13.1. The van der Waals surface area contributed by atoms with Crippen LogP contribution in [-0.2, 0) is 17.4 Å². The van der Waals surface area contributed by atoms with E-state index in [0.717, 1.165) is 25.1 Å². The van der Waals surface area contributed by atoms with Crippen molar-refractivity contribution in [3.05, 3.63) is 52.7 Å². The second-order valence-corrected chi connectivity index (χ2v) is 8.79. The molecule has 0 saturated carbocycles. The summed E-state index contributed by atoms with van der Waals surface area (Å²) >= 11 is 1.24. The highest BCUT2D eigenvalue weighted by Gasteiger charge is 2.30. The van der Waals surface area contributed by atoms with Crippen LogP contribution in [0.3, 0.4) is 0 Å². The molecule has 1 aromatic carbocycles. The second-order valence-electron chi connectivity index (χ2n) is 7.96. The highest BCUT2D eigenvalue weighted by molar-refractivity contribution is 7.12. The van der Waals surface area contributed by atoms with Crippen LogP contribution in [0.5, 0.6) is 0 Å². The Morgan fingerprint density at radius 3 is 2.82 bits per heavy atom. The summed E-state index contributed by atoms with van der Waals surface area (Å²) in [5.74, 6) is -0.0978. The van der Waals surface area contributed by atoms with Crippen LogP contribution in [0, 0.1) is 0 Å². The number of thiazole rings is 1. The van der Waals surface area contributed by atoms with E-state index in [0.29, 0.717) is 60.0 Å². The van der Waals surface area contributed by atoms with Crippen LogP contribution in [0.15, 0.2) is 35.8 Å². The lowest BCUT2D eigenvalue weighted by atomic mass is 10.1. The largest absolute Gasteiger partial charge is 0.416 e. The molecule has 2 amide bonds. The van der Waals surface area contributed by atoms with Crippen molar-refractivity contribution in [1.29, 1.82) is 0 Å². The van der Waals surface area contributed by atoms with Crippen molar-refractivity contribution >= 4 is 23.2 Å². The van der Waals surface area contributed by atoms with E-state index < -0.39 is 11.7 Å². The molecule has 3 heterocycles. The third kappa shape index (κ3) is 5.14. The molecule has 11 heteroatoms. The molecule has 0 radical (unpaired) electrons. The Morgan fingerprint density at radius 2 is 2.12 bits per heavy atom. The minimum Gasteiger partial charge on any atom is -0.352 e. The fourth-order valence-electron chi connectivity index (χ4n) is 3.93. The maximum Gasteiger partial charge on any atom is 0.416 e. The number of nitrogens with zero attached hydrogens (tertiary/aromatic N) is 4. The topological polar surface area (TPSA) is 80.1 Å². The number of amides is 2. The Bertz CT molecular complexity index is 1190. The van der Waals surface area contributed by atoms with Crippen LogP contribution in [-0.4, -0.2) is 51.1 Å². The average molecular weight is 492 g/mol. The molecule has 180 valence electrons. The van der Waals surface area contributed by atoms with Gasteiger partial charge in [0.1, 0.15) is 0 Å². The SMILES string of the molecule is CCc1c(C(=O)NCCCN2CCCC2=O)cnn1-c1nc(-c2cccc(C(F)(F)F)c2)cs1. The number of alkyl halides is 3. The predicted molar refractivity (Wildman–Crippen MR) is 122 cm³/mol. The summed E-state index contributed by atoms with van der Waals surface area (Å²) < 4.78 is 40.7. The molecule has 7 nitrogen and oxygen atoms in total. The number of hydrogen-bond acceptors (Lipinski definition) is 5. The summed E-state index contributed by atoms with van der Waals surface area (Å²) in [6, 6.07) is 5.02. The van der Waals surface area contributed by atoms with Gasteiger partial charge in [0.25, 0.3) is 5.91 Å². The van der Waals surface area contributed by atoms with Crippen molar-refractivity contribution < 1.29 is 22.8 Å². The molecule has 1 N–H and O–H groups in total. The van der Waals surface area contributed by atoms with Gasteiger partial charge in [-0.3, -0.25) is 9.59 Å². The Balaban J connectivity index is 1.45. The van der Waals surface area contributed by atoms with E-state index in [1.807, 2.05) is 11.8 Å². The fourth-order valence-corrected chi connectivity index (χ4v) is 4.74. The van der Waals surface area contributed by atoms with Gasteiger partial charge in [0.05, 0.1) is 28.7 Å². The van der Waals surface area contributed by atoms with E-state index in [2.05, 4.69) is 15.4 Å². The van der Waals surface area contributed by atoms with Crippen LogP contribution in [0.2, 0.25) is 0 Å². The number of halogens is 3. The van der Waals surface area contributed by atoms with Crippen LogP contribution >= 0.6 is 11.3 Å². The van der Waals surface area contributed by atoms with Gasteiger partial charge in [-0.1, -0.05) is 19.1 Å². The Labute approximate surface area is 198 Å². The van der Waals surface area contributed by atoms with Crippen LogP contribution in [0.1, 0.15) is 47.8 Å². The van der Waals surface area contributed by atoms with Gasteiger partial charge in [-0.05, 0) is 31.4 Å². The van der Waals surface area contributed by atoms with Crippen LogP contribution in [0.25, 0.3) is 16.4 Å². The summed E-state index contributed by atoms with van der Waals surface area (Å²) in [5.41, 5.74) is 1.12. The van der Waals surface area contributed by atoms with Gasteiger partial charge in [-0.15, -0.1) is 11.3 Å². The number of nitrogens with one attached hydrogen (secondary N) is 1. The molecular weight excluding hydrogens is 467 g/mol. The van der Waals surface area contributed by atoms with Crippen molar-refractivity contribution in [3.63, 3.8) is 0 Å². The first kappa shape index (κ1) is 23.9. The van der Waals surface area contributed by atoms with Gasteiger partial charge in [0.2, 0.25) is 11.0 Å². The minimum atomic E-state index is -4.43. The quantitative estimate of drug-likeness (QED) is 0.476. The predicted octanol–water partition coefficient (Wildman–Crippen LogP) is 4.32. The molecule has 1 saturated heterocycles. The number of benzene rings is 1. The lowest BCUT2D eigenvalue weighted by Crippen LogP contribution is -2.30. The number of hydrogen-bond donors (Lipinski definition) is 1. The van der Waals surface area contributed by atoms with Gasteiger partial charge in [0.15, 0.2) is 0 Å². The second kappa shape index (κ2) is 9.96. The monoisotopic (exact) mass is 491 g/mol. The summed E-state index contributed by atoms with van der Waals surface area (Å²) in [4.78, 5) is 30.7. The third-order valence-electron chi connectivity index (χ3n) is 5.67. The third-order valence-corrected chi connectivity index (χ3v) is 6.49. The molecule has 0 unspecified atom stereocenters. The molecule has 4 rings (SSSR count). The molecule has 1 aliphatic heterocycles. The number of carbonyl (C=O) groups excluding carboxylic acids is 2. The highest BCUT2D eigenvalue weighted by Crippen LogP contribution is 2.33. The van der Waals surface area contributed by atoms with E-state index >= 15 is 0 Å². The molecule has 0 spiro atoms. The van der Waals surface area contributed by atoms with Gasteiger partial charge < -0.3 is 10.2 Å². The Morgan fingerprint density at radius 1 is 1.29 bits per heavy atom. The van der Waals surface area contributed by atoms with E-state index in [4.69, 9.17) is 0 Å². The first-order valence-electron chi connectivity index (χ1n) is 11.0. The molecule has 1 fully saturated rings. The lowest BCUT2D eigenvalue weighted by molar-refractivity contribution is -0.137. The van der Waals surface area contributed by atoms with Crippen molar-refractivity contribution in [3.8, 4) is 16.4 Å². The number of likely N-dealkylation sites (tertiary alicyclic amines) is 1. The standard InChI is InChI=1S/C23H24F3N5O2S/c1-2-19-17(21(33)27-9-5-11-30-10-4-8-20(30)32)13-28-31(19)22-29-18(14-34-22)15-6-3-7-16(12-15)23(24,25)26/h3,6-7,12-14H,2,4-5,8-11H2,1H3,(H,27,33). The zero-order valence-corrected chi connectivity index (χ0v) is 19.4. The Kier molecular flexibility index (Phi) is 7.01. The van der Waals surface area contributed by atoms with Crippen LogP contribution in [0.4, 0.5) is 13.2 Å². The highest BCUT2D eigenvalue weighted by atomic mass is 32.1. The molecule has 1 aliphatic rings. The Hall–Kier alpha value is -3.21. The zero-order valence-electron chi connectivity index (χ0n) is 18.6. The molecule has 0 aliphatic carbocycles. The molecule has 0 bridgehead atoms. The van der Waals surface area contributed by atoms with E-state index in [9.17, 15) is 22.8 Å². The van der Waals surface area contributed by atoms with E-state index in [1.54, 1.807) is 16.1 Å². The van der Waals surface area contributed by atoms with Gasteiger partial charge in [0, 0.05) is 37.0 Å². The number of carbonyl (C=O) groups is 2. The maximum absolute atomic E-state index is 13.1. The van der Waals surface area contributed by atoms with Crippen molar-refractivity contribution in [1.82, 2.24) is 25.0 Å². The summed E-state index contributed by atoms with van der Waals surface area (Å²) in [7, 11) is 0. The number of rotatable bonds is 8. The van der Waals surface area contributed by atoms with E-state index in [1.165, 1.54) is 23.6 Å². The normalized spacial score (nSPS) is 14.1. The van der Waals surface area contributed by atoms with Crippen molar-refractivity contribution in [2.75, 3.05) is 19.6 Å². The van der Waals surface area contributed by atoms with Gasteiger partial charge >= 0.3 is 6.18 Å². The summed E-state index contributed by atoms with van der Waals surface area (Å²) in [5, 5.41) is 9.33. The minimum absolute atomic E-state index is 0.161. The van der Waals surface area contributed by atoms with Crippen LogP contribution < -0.4 is 5.32 Å².